The number of benzene rings is 1. The maximum Gasteiger partial charge on any atom is 0.259 e. The number of hydrogen-bond acceptors (Lipinski definition) is 5. The van der Waals surface area contributed by atoms with Gasteiger partial charge in [0.25, 0.3) is 5.56 Å². The van der Waals surface area contributed by atoms with Crippen molar-refractivity contribution in [2.24, 2.45) is 0 Å². The first-order valence-electron chi connectivity index (χ1n) is 7.70. The van der Waals surface area contributed by atoms with Gasteiger partial charge in [0.2, 0.25) is 6.79 Å². The van der Waals surface area contributed by atoms with Crippen molar-refractivity contribution in [1.82, 2.24) is 9.97 Å². The van der Waals surface area contributed by atoms with Crippen LogP contribution >= 0.6 is 11.3 Å². The fraction of sp³-hybridized carbons (Fsp3) is 0.294. The van der Waals surface area contributed by atoms with Crippen LogP contribution in [0.1, 0.15) is 28.2 Å². The molecular formula is C17H14N2O3S. The molecule has 3 heterocycles. The Bertz CT molecular complexity index is 989. The third-order valence-corrected chi connectivity index (χ3v) is 5.65. The summed E-state index contributed by atoms with van der Waals surface area (Å²) < 4.78 is 10.9. The second-order valence-corrected chi connectivity index (χ2v) is 6.96. The minimum Gasteiger partial charge on any atom is -0.454 e. The molecule has 1 aliphatic carbocycles. The van der Waals surface area contributed by atoms with Crippen LogP contribution in [-0.2, 0) is 19.3 Å². The highest BCUT2D eigenvalue weighted by atomic mass is 32.1. The van der Waals surface area contributed by atoms with Gasteiger partial charge in [0.05, 0.1) is 5.39 Å². The number of nitrogens with one attached hydrogen (secondary N) is 1. The number of fused-ring (bicyclic) bond motifs is 4. The number of ether oxygens (including phenoxy) is 2. The molecule has 0 atom stereocenters. The summed E-state index contributed by atoms with van der Waals surface area (Å²) in [5, 5.41) is 0.795. The lowest BCUT2D eigenvalue weighted by molar-refractivity contribution is 0.173. The van der Waals surface area contributed by atoms with E-state index in [4.69, 9.17) is 9.47 Å². The monoisotopic (exact) mass is 326 g/mol. The Hall–Kier alpha value is -2.34. The predicted molar refractivity (Wildman–Crippen MR) is 87.6 cm³/mol. The van der Waals surface area contributed by atoms with E-state index in [0.29, 0.717) is 12.2 Å². The van der Waals surface area contributed by atoms with Gasteiger partial charge in [0.15, 0.2) is 11.5 Å². The Morgan fingerprint density at radius 1 is 1.26 bits per heavy atom. The molecular weight excluding hydrogens is 312 g/mol. The van der Waals surface area contributed by atoms with Crippen LogP contribution in [0.25, 0.3) is 10.2 Å². The first-order valence-corrected chi connectivity index (χ1v) is 8.52. The third-order valence-electron chi connectivity index (χ3n) is 4.46. The van der Waals surface area contributed by atoms with E-state index in [2.05, 4.69) is 9.97 Å². The molecule has 2 aliphatic rings. The molecule has 0 fully saturated rings. The highest BCUT2D eigenvalue weighted by Crippen LogP contribution is 2.37. The number of para-hydroxylation sites is 1. The van der Waals surface area contributed by atoms with Gasteiger partial charge >= 0.3 is 0 Å². The molecule has 2 aromatic heterocycles. The smallest absolute Gasteiger partial charge is 0.259 e. The van der Waals surface area contributed by atoms with E-state index in [1.165, 1.54) is 10.4 Å². The summed E-state index contributed by atoms with van der Waals surface area (Å²) in [6.45, 7) is 0.243. The van der Waals surface area contributed by atoms with Gasteiger partial charge in [-0.2, -0.15) is 0 Å². The normalized spacial score (nSPS) is 15.3. The van der Waals surface area contributed by atoms with E-state index in [0.717, 1.165) is 46.5 Å². The zero-order chi connectivity index (χ0) is 15.4. The molecule has 23 heavy (non-hydrogen) atoms. The summed E-state index contributed by atoms with van der Waals surface area (Å²) in [4.78, 5) is 22.3. The lowest BCUT2D eigenvalue weighted by atomic mass is 10.1. The molecule has 1 N–H and O–H groups in total. The highest BCUT2D eigenvalue weighted by molar-refractivity contribution is 7.18. The number of aryl methyl sites for hydroxylation is 2. The Morgan fingerprint density at radius 3 is 3.17 bits per heavy atom. The summed E-state index contributed by atoms with van der Waals surface area (Å²) in [5.74, 6) is 2.18. The van der Waals surface area contributed by atoms with Crippen molar-refractivity contribution < 1.29 is 9.47 Å². The molecule has 0 saturated carbocycles. The Labute approximate surface area is 135 Å². The first kappa shape index (κ1) is 13.1. The molecule has 0 bridgehead atoms. The molecule has 3 aromatic rings. The molecule has 0 spiro atoms. The summed E-state index contributed by atoms with van der Waals surface area (Å²) in [6, 6.07) is 5.79. The maximum atomic E-state index is 12.5. The van der Waals surface area contributed by atoms with Crippen LogP contribution in [0.3, 0.4) is 0 Å². The standard InChI is InChI=1S/C17H14N2O3S/c20-16-14-10-4-2-6-12(10)23-17(14)19-13(18-16)7-9-3-1-5-11-15(9)22-8-21-11/h1,3,5H,2,4,6-8H2,(H,18,19,20). The van der Waals surface area contributed by atoms with Crippen LogP contribution in [0.4, 0.5) is 0 Å². The van der Waals surface area contributed by atoms with Gasteiger partial charge in [-0.3, -0.25) is 4.79 Å². The molecule has 0 radical (unpaired) electrons. The van der Waals surface area contributed by atoms with E-state index in [9.17, 15) is 4.79 Å². The largest absolute Gasteiger partial charge is 0.454 e. The van der Waals surface area contributed by atoms with Crippen molar-refractivity contribution in [2.45, 2.75) is 25.7 Å². The van der Waals surface area contributed by atoms with Crippen LogP contribution in [0, 0.1) is 0 Å². The van der Waals surface area contributed by atoms with Crippen LogP contribution in [0.5, 0.6) is 11.5 Å². The summed E-state index contributed by atoms with van der Waals surface area (Å²) >= 11 is 1.66. The van der Waals surface area contributed by atoms with Gasteiger partial charge in [-0.05, 0) is 30.9 Å². The molecule has 116 valence electrons. The van der Waals surface area contributed by atoms with E-state index in [1.807, 2.05) is 18.2 Å². The molecule has 6 heteroatoms. The van der Waals surface area contributed by atoms with Crippen LogP contribution in [-0.4, -0.2) is 16.8 Å². The average molecular weight is 326 g/mol. The van der Waals surface area contributed by atoms with Crippen molar-refractivity contribution in [3.63, 3.8) is 0 Å². The number of rotatable bonds is 2. The van der Waals surface area contributed by atoms with Crippen molar-refractivity contribution in [3.05, 3.63) is 50.4 Å². The van der Waals surface area contributed by atoms with Gasteiger partial charge in [-0.15, -0.1) is 11.3 Å². The zero-order valence-corrected chi connectivity index (χ0v) is 13.2. The zero-order valence-electron chi connectivity index (χ0n) is 12.3. The van der Waals surface area contributed by atoms with Gasteiger partial charge in [-0.25, -0.2) is 4.98 Å². The minimum absolute atomic E-state index is 0.0193. The number of aromatic amines is 1. The summed E-state index contributed by atoms with van der Waals surface area (Å²) in [5.41, 5.74) is 2.17. The predicted octanol–water partition coefficient (Wildman–Crippen LogP) is 2.79. The van der Waals surface area contributed by atoms with Crippen LogP contribution in [0.2, 0.25) is 0 Å². The minimum atomic E-state index is -0.0193. The SMILES string of the molecule is O=c1[nH]c(Cc2cccc3c2OCO3)nc2sc3c(c12)CCC3. The second kappa shape index (κ2) is 4.83. The fourth-order valence-electron chi connectivity index (χ4n) is 3.44. The third kappa shape index (κ3) is 1.98. The van der Waals surface area contributed by atoms with Crippen molar-refractivity contribution in [2.75, 3.05) is 6.79 Å². The fourth-order valence-corrected chi connectivity index (χ4v) is 4.72. The van der Waals surface area contributed by atoms with Crippen LogP contribution in [0.15, 0.2) is 23.0 Å². The number of H-pyrrole nitrogens is 1. The van der Waals surface area contributed by atoms with Gasteiger partial charge in [0.1, 0.15) is 10.7 Å². The van der Waals surface area contributed by atoms with Gasteiger partial charge < -0.3 is 14.5 Å². The van der Waals surface area contributed by atoms with Gasteiger partial charge in [-0.1, -0.05) is 12.1 Å². The molecule has 1 aromatic carbocycles. The maximum absolute atomic E-state index is 12.5. The number of nitrogens with zero attached hydrogens (tertiary/aromatic N) is 1. The highest BCUT2D eigenvalue weighted by Gasteiger charge is 2.22. The van der Waals surface area contributed by atoms with E-state index in [-0.39, 0.29) is 12.4 Å². The lowest BCUT2D eigenvalue weighted by Crippen LogP contribution is -2.12. The topological polar surface area (TPSA) is 64.2 Å². The number of aromatic nitrogens is 2. The Morgan fingerprint density at radius 2 is 2.22 bits per heavy atom. The van der Waals surface area contributed by atoms with E-state index < -0.39 is 0 Å². The summed E-state index contributed by atoms with van der Waals surface area (Å²) in [6.07, 6.45) is 3.74. The molecule has 0 amide bonds. The Balaban J connectivity index is 1.60. The quantitative estimate of drug-likeness (QED) is 0.786. The lowest BCUT2D eigenvalue weighted by Gasteiger charge is -2.05. The van der Waals surface area contributed by atoms with Crippen molar-refractivity contribution >= 4 is 21.6 Å². The molecule has 5 nitrogen and oxygen atoms in total. The first-order chi connectivity index (χ1) is 11.3. The molecule has 5 rings (SSSR count). The molecule has 0 unspecified atom stereocenters. The Kier molecular flexibility index (Phi) is 2.76. The van der Waals surface area contributed by atoms with E-state index >= 15 is 0 Å². The number of hydrogen-bond donors (Lipinski definition) is 1. The second-order valence-electron chi connectivity index (χ2n) is 5.88. The van der Waals surface area contributed by atoms with Gasteiger partial charge in [0, 0.05) is 16.9 Å². The molecule has 1 aliphatic heterocycles. The average Bonchev–Trinajstić information content (AvgIpc) is 3.21. The molecule has 0 saturated heterocycles. The van der Waals surface area contributed by atoms with Crippen LogP contribution < -0.4 is 15.0 Å². The van der Waals surface area contributed by atoms with Crippen molar-refractivity contribution in [3.8, 4) is 11.5 Å². The summed E-state index contributed by atoms with van der Waals surface area (Å²) in [7, 11) is 0. The number of thiophene rings is 1. The van der Waals surface area contributed by atoms with Crippen molar-refractivity contribution in [1.29, 1.82) is 0 Å². The van der Waals surface area contributed by atoms with E-state index in [1.54, 1.807) is 11.3 Å².